The average Bonchev–Trinajstić information content (AvgIpc) is 3.76. The molecule has 0 unspecified atom stereocenters. The number of aryl methyl sites for hydroxylation is 1. The molecular formula is C47H32N2S. The van der Waals surface area contributed by atoms with Gasteiger partial charge in [0.15, 0.2) is 0 Å². The summed E-state index contributed by atoms with van der Waals surface area (Å²) < 4.78 is 4.98. The van der Waals surface area contributed by atoms with Gasteiger partial charge in [-0.15, -0.1) is 11.3 Å². The van der Waals surface area contributed by atoms with Crippen molar-refractivity contribution in [1.82, 2.24) is 9.55 Å². The lowest BCUT2D eigenvalue weighted by Gasteiger charge is -2.19. The van der Waals surface area contributed by atoms with Gasteiger partial charge >= 0.3 is 0 Å². The standard InChI is InChI=1S/C47H32N2S/c1-2-44-48-39-21-9-11-23-41(39)49(44)40-22-10-7-14-32(40)30-26-28-31(29-27-30)45-33-15-3-5-17-35(33)46(36-18-6-4-16-34(36)45)38-20-13-25-43-47(38)37-19-8-12-24-42(37)50-43/h3-29H,2H2,1H3. The van der Waals surface area contributed by atoms with Gasteiger partial charge in [0.25, 0.3) is 0 Å². The molecule has 10 rings (SSSR count). The lowest BCUT2D eigenvalue weighted by molar-refractivity contribution is 0.909. The largest absolute Gasteiger partial charge is 0.296 e. The highest BCUT2D eigenvalue weighted by molar-refractivity contribution is 7.25. The SMILES string of the molecule is CCc1nc2ccccc2n1-c1ccccc1-c1ccc(-c2c3ccccc3c(-c3cccc4sc5ccccc5c34)c3ccccc23)cc1. The molecule has 0 radical (unpaired) electrons. The molecule has 0 aliphatic heterocycles. The molecule has 0 amide bonds. The molecule has 0 N–H and O–H groups in total. The number of aromatic nitrogens is 2. The van der Waals surface area contributed by atoms with E-state index in [1.807, 2.05) is 11.3 Å². The highest BCUT2D eigenvalue weighted by Gasteiger charge is 2.20. The third-order valence-electron chi connectivity index (χ3n) is 10.2. The zero-order valence-electron chi connectivity index (χ0n) is 27.6. The molecule has 0 spiro atoms. The van der Waals surface area contributed by atoms with Gasteiger partial charge in [-0.05, 0) is 79.7 Å². The first-order valence-corrected chi connectivity index (χ1v) is 18.1. The van der Waals surface area contributed by atoms with Gasteiger partial charge in [0.1, 0.15) is 5.82 Å². The first-order valence-electron chi connectivity index (χ1n) is 17.3. The number of imidazole rings is 1. The molecule has 3 heteroatoms. The molecule has 0 atom stereocenters. The summed E-state index contributed by atoms with van der Waals surface area (Å²) in [5, 5.41) is 7.75. The minimum atomic E-state index is 0.856. The molecule has 236 valence electrons. The molecule has 0 saturated carbocycles. The van der Waals surface area contributed by atoms with Gasteiger partial charge in [-0.3, -0.25) is 4.57 Å². The minimum absolute atomic E-state index is 0.856. The summed E-state index contributed by atoms with van der Waals surface area (Å²) in [7, 11) is 0. The van der Waals surface area contributed by atoms with Gasteiger partial charge in [-0.2, -0.15) is 0 Å². The second kappa shape index (κ2) is 11.5. The molecular weight excluding hydrogens is 625 g/mol. The van der Waals surface area contributed by atoms with Crippen LogP contribution < -0.4 is 0 Å². The molecule has 10 aromatic rings. The molecule has 8 aromatic carbocycles. The third-order valence-corrected chi connectivity index (χ3v) is 11.3. The molecule has 0 saturated heterocycles. The smallest absolute Gasteiger partial charge is 0.114 e. The predicted octanol–water partition coefficient (Wildman–Crippen LogP) is 13.3. The van der Waals surface area contributed by atoms with Crippen molar-refractivity contribution >= 4 is 64.1 Å². The fourth-order valence-electron chi connectivity index (χ4n) is 8.02. The monoisotopic (exact) mass is 656 g/mol. The van der Waals surface area contributed by atoms with Crippen molar-refractivity contribution in [2.75, 3.05) is 0 Å². The van der Waals surface area contributed by atoms with Gasteiger partial charge < -0.3 is 0 Å². The minimum Gasteiger partial charge on any atom is -0.296 e. The van der Waals surface area contributed by atoms with Crippen LogP contribution >= 0.6 is 11.3 Å². The summed E-state index contributed by atoms with van der Waals surface area (Å²) >= 11 is 1.88. The van der Waals surface area contributed by atoms with Crippen LogP contribution in [0.4, 0.5) is 0 Å². The van der Waals surface area contributed by atoms with E-state index in [0.29, 0.717) is 0 Å². The molecule has 0 aliphatic carbocycles. The molecule has 0 aliphatic rings. The quantitative estimate of drug-likeness (QED) is 0.169. The maximum atomic E-state index is 4.97. The summed E-state index contributed by atoms with van der Waals surface area (Å²) in [6.45, 7) is 2.18. The number of benzene rings is 8. The first-order chi connectivity index (χ1) is 24.8. The maximum Gasteiger partial charge on any atom is 0.114 e. The van der Waals surface area contributed by atoms with Crippen molar-refractivity contribution in [2.24, 2.45) is 0 Å². The van der Waals surface area contributed by atoms with Crippen LogP contribution in [-0.2, 0) is 6.42 Å². The van der Waals surface area contributed by atoms with Gasteiger partial charge in [0.05, 0.1) is 16.7 Å². The fraction of sp³-hybridized carbons (Fsp3) is 0.0426. The predicted molar refractivity (Wildman–Crippen MR) is 215 cm³/mol. The molecule has 0 bridgehead atoms. The Morgan fingerprint density at radius 2 is 1.04 bits per heavy atom. The Labute approximate surface area is 294 Å². The molecule has 2 aromatic heterocycles. The van der Waals surface area contributed by atoms with E-state index in [0.717, 1.165) is 29.0 Å². The summed E-state index contributed by atoms with van der Waals surface area (Å²) in [5.74, 6) is 1.07. The van der Waals surface area contributed by atoms with Crippen molar-refractivity contribution in [3.8, 4) is 39.1 Å². The first kappa shape index (κ1) is 28.9. The van der Waals surface area contributed by atoms with Crippen LogP contribution in [0.15, 0.2) is 164 Å². The Kier molecular flexibility index (Phi) is 6.68. The summed E-state index contributed by atoms with van der Waals surface area (Å²) in [6, 6.07) is 59.9. The van der Waals surface area contributed by atoms with Crippen LogP contribution in [0, 0.1) is 0 Å². The molecule has 2 nitrogen and oxygen atoms in total. The molecule has 50 heavy (non-hydrogen) atoms. The van der Waals surface area contributed by atoms with E-state index in [2.05, 4.69) is 175 Å². The Morgan fingerprint density at radius 3 is 1.78 bits per heavy atom. The lowest BCUT2D eigenvalue weighted by atomic mass is 9.84. The van der Waals surface area contributed by atoms with Crippen LogP contribution in [0.1, 0.15) is 12.7 Å². The normalized spacial score (nSPS) is 11.8. The number of nitrogens with zero attached hydrogens (tertiary/aromatic N) is 2. The van der Waals surface area contributed by atoms with Crippen LogP contribution in [0.5, 0.6) is 0 Å². The van der Waals surface area contributed by atoms with Gasteiger partial charge in [-0.25, -0.2) is 4.98 Å². The van der Waals surface area contributed by atoms with Gasteiger partial charge in [0, 0.05) is 32.2 Å². The zero-order valence-corrected chi connectivity index (χ0v) is 28.4. The van der Waals surface area contributed by atoms with Gasteiger partial charge in [0.2, 0.25) is 0 Å². The molecule has 2 heterocycles. The number of hydrogen-bond acceptors (Lipinski definition) is 2. The van der Waals surface area contributed by atoms with E-state index >= 15 is 0 Å². The maximum absolute atomic E-state index is 4.97. The number of fused-ring (bicyclic) bond motifs is 6. The van der Waals surface area contributed by atoms with Gasteiger partial charge in [-0.1, -0.05) is 140 Å². The average molecular weight is 657 g/mol. The van der Waals surface area contributed by atoms with E-state index < -0.39 is 0 Å². The Morgan fingerprint density at radius 1 is 0.480 bits per heavy atom. The topological polar surface area (TPSA) is 17.8 Å². The fourth-order valence-corrected chi connectivity index (χ4v) is 9.16. The molecule has 0 fully saturated rings. The summed E-state index contributed by atoms with van der Waals surface area (Å²) in [6.07, 6.45) is 0.856. The highest BCUT2D eigenvalue weighted by Crippen LogP contribution is 2.48. The number of rotatable bonds is 5. The second-order valence-electron chi connectivity index (χ2n) is 12.9. The van der Waals surface area contributed by atoms with Crippen LogP contribution in [-0.4, -0.2) is 9.55 Å². The van der Waals surface area contributed by atoms with Crippen molar-refractivity contribution < 1.29 is 0 Å². The van der Waals surface area contributed by atoms with E-state index in [1.54, 1.807) is 0 Å². The Hall–Kier alpha value is -6.03. The van der Waals surface area contributed by atoms with E-state index in [4.69, 9.17) is 4.98 Å². The van der Waals surface area contributed by atoms with Crippen molar-refractivity contribution in [3.63, 3.8) is 0 Å². The third kappa shape index (κ3) is 4.37. The Balaban J connectivity index is 1.18. The second-order valence-corrected chi connectivity index (χ2v) is 14.0. The number of thiophene rings is 1. The Bertz CT molecular complexity index is 2850. The van der Waals surface area contributed by atoms with Crippen molar-refractivity contribution in [2.45, 2.75) is 13.3 Å². The van der Waals surface area contributed by atoms with Crippen LogP contribution in [0.2, 0.25) is 0 Å². The van der Waals surface area contributed by atoms with E-state index in [9.17, 15) is 0 Å². The van der Waals surface area contributed by atoms with Crippen LogP contribution in [0.25, 0.3) is 91.8 Å². The van der Waals surface area contributed by atoms with Crippen molar-refractivity contribution in [1.29, 1.82) is 0 Å². The number of para-hydroxylation sites is 3. The van der Waals surface area contributed by atoms with E-state index in [1.165, 1.54) is 75.1 Å². The highest BCUT2D eigenvalue weighted by atomic mass is 32.1. The lowest BCUT2D eigenvalue weighted by Crippen LogP contribution is -2.02. The summed E-state index contributed by atoms with van der Waals surface area (Å²) in [4.78, 5) is 4.97. The zero-order chi connectivity index (χ0) is 33.2. The summed E-state index contributed by atoms with van der Waals surface area (Å²) in [5.41, 5.74) is 10.8. The van der Waals surface area contributed by atoms with Crippen molar-refractivity contribution in [3.05, 3.63) is 170 Å². The number of hydrogen-bond donors (Lipinski definition) is 0. The van der Waals surface area contributed by atoms with E-state index in [-0.39, 0.29) is 0 Å². The van der Waals surface area contributed by atoms with Crippen LogP contribution in [0.3, 0.4) is 0 Å².